The number of piperazine rings is 1. The molecule has 0 spiro atoms. The van der Waals surface area contributed by atoms with E-state index in [-0.39, 0.29) is 11.6 Å². The predicted molar refractivity (Wildman–Crippen MR) is 100.0 cm³/mol. The molecule has 140 valence electrons. The predicted octanol–water partition coefficient (Wildman–Crippen LogP) is 2.53. The molecule has 1 aromatic carbocycles. The van der Waals surface area contributed by atoms with E-state index < -0.39 is 4.92 Å². The van der Waals surface area contributed by atoms with Gasteiger partial charge in [0.2, 0.25) is 0 Å². The summed E-state index contributed by atoms with van der Waals surface area (Å²) in [6.45, 7) is 4.09. The monoisotopic (exact) mass is 367 g/mol. The van der Waals surface area contributed by atoms with Crippen LogP contribution in [-0.4, -0.2) is 52.1 Å². The van der Waals surface area contributed by atoms with Gasteiger partial charge in [0.05, 0.1) is 10.6 Å². The van der Waals surface area contributed by atoms with Crippen molar-refractivity contribution in [2.75, 3.05) is 31.1 Å². The number of hydrogen-bond donors (Lipinski definition) is 0. The molecule has 1 aliphatic heterocycles. The second-order valence-corrected chi connectivity index (χ2v) is 7.13. The second kappa shape index (κ2) is 6.94. The Kier molecular flexibility index (Phi) is 4.47. The van der Waals surface area contributed by atoms with Gasteiger partial charge >= 0.3 is 0 Å². The van der Waals surface area contributed by atoms with Crippen molar-refractivity contribution < 1.29 is 9.72 Å². The van der Waals surface area contributed by atoms with Crippen LogP contribution in [0.4, 0.5) is 11.5 Å². The molecular weight excluding hydrogens is 346 g/mol. The summed E-state index contributed by atoms with van der Waals surface area (Å²) in [5.74, 6) is 1.24. The van der Waals surface area contributed by atoms with E-state index in [9.17, 15) is 14.9 Å². The summed E-state index contributed by atoms with van der Waals surface area (Å²) in [6, 6.07) is 8.69. The number of carbonyl (C=O) groups excluding carboxylic acids is 1. The van der Waals surface area contributed by atoms with Crippen LogP contribution in [0.2, 0.25) is 0 Å². The molecular formula is C19H21N5O3. The Morgan fingerprint density at radius 1 is 1.11 bits per heavy atom. The minimum Gasteiger partial charge on any atom is -0.352 e. The summed E-state index contributed by atoms with van der Waals surface area (Å²) in [7, 11) is 0. The minimum atomic E-state index is -0.450. The van der Waals surface area contributed by atoms with Crippen LogP contribution in [0.1, 0.15) is 40.4 Å². The van der Waals surface area contributed by atoms with Crippen molar-refractivity contribution in [3.05, 3.63) is 57.3 Å². The number of rotatable bonds is 4. The van der Waals surface area contributed by atoms with E-state index in [0.29, 0.717) is 43.2 Å². The van der Waals surface area contributed by atoms with Gasteiger partial charge in [0.1, 0.15) is 0 Å². The van der Waals surface area contributed by atoms with Gasteiger partial charge in [0.25, 0.3) is 11.6 Å². The molecule has 2 fully saturated rings. The Hall–Kier alpha value is -3.03. The third-order valence-electron chi connectivity index (χ3n) is 5.21. The zero-order valence-electron chi connectivity index (χ0n) is 15.2. The Morgan fingerprint density at radius 2 is 1.85 bits per heavy atom. The molecule has 8 nitrogen and oxygen atoms in total. The van der Waals surface area contributed by atoms with Crippen molar-refractivity contribution in [3.63, 3.8) is 0 Å². The number of carbonyl (C=O) groups is 1. The fourth-order valence-corrected chi connectivity index (χ4v) is 3.36. The molecule has 0 atom stereocenters. The van der Waals surface area contributed by atoms with Crippen LogP contribution in [0.25, 0.3) is 0 Å². The van der Waals surface area contributed by atoms with Crippen LogP contribution >= 0.6 is 0 Å². The maximum absolute atomic E-state index is 12.7. The molecule has 27 heavy (non-hydrogen) atoms. The van der Waals surface area contributed by atoms with Crippen molar-refractivity contribution in [2.24, 2.45) is 0 Å². The van der Waals surface area contributed by atoms with Gasteiger partial charge in [-0.1, -0.05) is 6.07 Å². The maximum Gasteiger partial charge on any atom is 0.273 e. The third kappa shape index (κ3) is 3.60. The average Bonchev–Trinajstić information content (AvgIpc) is 3.53. The molecule has 1 amide bonds. The van der Waals surface area contributed by atoms with Crippen molar-refractivity contribution in [3.8, 4) is 0 Å². The van der Waals surface area contributed by atoms with E-state index in [0.717, 1.165) is 11.5 Å². The van der Waals surface area contributed by atoms with Gasteiger partial charge in [-0.05, 0) is 38.0 Å². The first-order chi connectivity index (χ1) is 13.0. The first kappa shape index (κ1) is 17.4. The molecule has 0 unspecified atom stereocenters. The lowest BCUT2D eigenvalue weighted by molar-refractivity contribution is -0.385. The molecule has 1 aromatic heterocycles. The zero-order valence-corrected chi connectivity index (χ0v) is 15.2. The highest BCUT2D eigenvalue weighted by atomic mass is 16.6. The summed E-state index contributed by atoms with van der Waals surface area (Å²) in [5, 5.41) is 19.7. The molecule has 4 rings (SSSR count). The topological polar surface area (TPSA) is 92.5 Å². The van der Waals surface area contributed by atoms with Gasteiger partial charge in [-0.15, -0.1) is 5.10 Å². The Balaban J connectivity index is 1.40. The number of benzene rings is 1. The van der Waals surface area contributed by atoms with Gasteiger partial charge in [0.15, 0.2) is 5.82 Å². The number of anilines is 1. The van der Waals surface area contributed by atoms with Crippen LogP contribution in [-0.2, 0) is 0 Å². The summed E-state index contributed by atoms with van der Waals surface area (Å²) in [6.07, 6.45) is 2.40. The van der Waals surface area contributed by atoms with E-state index in [1.807, 2.05) is 12.1 Å². The largest absolute Gasteiger partial charge is 0.352 e. The van der Waals surface area contributed by atoms with Crippen LogP contribution in [0.5, 0.6) is 0 Å². The molecule has 2 aromatic rings. The van der Waals surface area contributed by atoms with Gasteiger partial charge in [0, 0.05) is 49.3 Å². The molecule has 2 aliphatic rings. The lowest BCUT2D eigenvalue weighted by atomic mass is 10.1. The fraction of sp³-hybridized carbons (Fsp3) is 0.421. The van der Waals surface area contributed by atoms with Crippen molar-refractivity contribution >= 4 is 17.4 Å². The summed E-state index contributed by atoms with van der Waals surface area (Å²) < 4.78 is 0. The molecule has 1 saturated carbocycles. The van der Waals surface area contributed by atoms with Crippen LogP contribution in [0.15, 0.2) is 30.3 Å². The first-order valence-electron chi connectivity index (χ1n) is 9.16. The number of aromatic nitrogens is 2. The van der Waals surface area contributed by atoms with Crippen molar-refractivity contribution in [1.82, 2.24) is 15.1 Å². The van der Waals surface area contributed by atoms with E-state index in [1.54, 1.807) is 24.0 Å². The summed E-state index contributed by atoms with van der Waals surface area (Å²) in [5.41, 5.74) is 1.95. The third-order valence-corrected chi connectivity index (χ3v) is 5.21. The van der Waals surface area contributed by atoms with Crippen LogP contribution < -0.4 is 4.90 Å². The standard InChI is InChI=1S/C19H21N5O3/c1-13-2-3-15(12-17(13)24(26)27)19(25)23-10-8-22(9-11-23)18-7-6-16(20-21-18)14-4-5-14/h2-3,6-7,12,14H,4-5,8-11H2,1H3. The zero-order chi connectivity index (χ0) is 19.0. The molecule has 1 aliphatic carbocycles. The number of nitro groups is 1. The normalized spacial score (nSPS) is 17.1. The molecule has 0 bridgehead atoms. The van der Waals surface area contributed by atoms with Crippen LogP contribution in [0.3, 0.4) is 0 Å². The molecule has 8 heteroatoms. The Bertz CT molecular complexity index is 871. The molecule has 0 N–H and O–H groups in total. The van der Waals surface area contributed by atoms with E-state index in [2.05, 4.69) is 15.1 Å². The first-order valence-corrected chi connectivity index (χ1v) is 9.16. The highest BCUT2D eigenvalue weighted by Gasteiger charge is 2.27. The van der Waals surface area contributed by atoms with Gasteiger partial charge in [-0.25, -0.2) is 0 Å². The summed E-state index contributed by atoms with van der Waals surface area (Å²) in [4.78, 5) is 27.2. The SMILES string of the molecule is Cc1ccc(C(=O)N2CCN(c3ccc(C4CC4)nn3)CC2)cc1[N+](=O)[O-]. The van der Waals surface area contributed by atoms with Gasteiger partial charge < -0.3 is 9.80 Å². The van der Waals surface area contributed by atoms with Gasteiger partial charge in [-0.3, -0.25) is 14.9 Å². The highest BCUT2D eigenvalue weighted by Crippen LogP contribution is 2.38. The minimum absolute atomic E-state index is 0.0227. The Labute approximate surface area is 157 Å². The van der Waals surface area contributed by atoms with Crippen LogP contribution in [0, 0.1) is 17.0 Å². The lowest BCUT2D eigenvalue weighted by Crippen LogP contribution is -2.49. The average molecular weight is 367 g/mol. The maximum atomic E-state index is 12.7. The number of amides is 1. The Morgan fingerprint density at radius 3 is 2.44 bits per heavy atom. The smallest absolute Gasteiger partial charge is 0.273 e. The lowest BCUT2D eigenvalue weighted by Gasteiger charge is -2.35. The molecule has 2 heterocycles. The number of nitrogens with zero attached hydrogens (tertiary/aromatic N) is 5. The number of hydrogen-bond acceptors (Lipinski definition) is 6. The van der Waals surface area contributed by atoms with Crippen molar-refractivity contribution in [1.29, 1.82) is 0 Å². The molecule has 1 saturated heterocycles. The number of nitro benzene ring substituents is 1. The fourth-order valence-electron chi connectivity index (χ4n) is 3.36. The summed E-state index contributed by atoms with van der Waals surface area (Å²) >= 11 is 0. The number of aryl methyl sites for hydroxylation is 1. The van der Waals surface area contributed by atoms with E-state index in [1.165, 1.54) is 18.9 Å². The molecule has 0 radical (unpaired) electrons. The quantitative estimate of drug-likeness (QED) is 0.609. The van der Waals surface area contributed by atoms with Crippen molar-refractivity contribution in [2.45, 2.75) is 25.7 Å². The van der Waals surface area contributed by atoms with E-state index in [4.69, 9.17) is 0 Å². The van der Waals surface area contributed by atoms with E-state index >= 15 is 0 Å². The second-order valence-electron chi connectivity index (χ2n) is 7.13. The highest BCUT2D eigenvalue weighted by molar-refractivity contribution is 5.95. The van der Waals surface area contributed by atoms with Gasteiger partial charge in [-0.2, -0.15) is 5.10 Å².